The summed E-state index contributed by atoms with van der Waals surface area (Å²) in [5.41, 5.74) is 1.52. The van der Waals surface area contributed by atoms with E-state index in [4.69, 9.17) is 0 Å². The first kappa shape index (κ1) is 20.5. The van der Waals surface area contributed by atoms with Gasteiger partial charge in [0, 0.05) is 38.1 Å². The van der Waals surface area contributed by atoms with Crippen LogP contribution >= 0.6 is 11.3 Å². The summed E-state index contributed by atoms with van der Waals surface area (Å²) in [5, 5.41) is 16.6. The van der Waals surface area contributed by atoms with Gasteiger partial charge in [0.1, 0.15) is 16.3 Å². The van der Waals surface area contributed by atoms with E-state index in [2.05, 4.69) is 20.0 Å². The van der Waals surface area contributed by atoms with E-state index >= 15 is 0 Å². The molecular formula is C19H25N7O3S. The Bertz CT molecular complexity index is 1170. The predicted molar refractivity (Wildman–Crippen MR) is 116 cm³/mol. The summed E-state index contributed by atoms with van der Waals surface area (Å²) < 4.78 is 1.61. The van der Waals surface area contributed by atoms with Gasteiger partial charge in [0.25, 0.3) is 5.56 Å². The fraction of sp³-hybridized carbons (Fsp3) is 0.526. The van der Waals surface area contributed by atoms with Crippen molar-refractivity contribution in [3.63, 3.8) is 0 Å². The van der Waals surface area contributed by atoms with Gasteiger partial charge in [-0.3, -0.25) is 19.8 Å². The maximum Gasteiger partial charge on any atom is 0.334 e. The third-order valence-corrected chi connectivity index (χ3v) is 6.81. The van der Waals surface area contributed by atoms with Gasteiger partial charge in [0.15, 0.2) is 0 Å². The average molecular weight is 432 g/mol. The second-order valence-corrected chi connectivity index (χ2v) is 8.80. The van der Waals surface area contributed by atoms with Crippen LogP contribution < -0.4 is 10.5 Å². The molecule has 1 saturated heterocycles. The highest BCUT2D eigenvalue weighted by atomic mass is 32.1. The van der Waals surface area contributed by atoms with Gasteiger partial charge in [-0.25, -0.2) is 9.67 Å². The van der Waals surface area contributed by atoms with Crippen molar-refractivity contribution in [1.82, 2.24) is 24.6 Å². The highest BCUT2D eigenvalue weighted by molar-refractivity contribution is 7.18. The largest absolute Gasteiger partial charge is 0.349 e. The summed E-state index contributed by atoms with van der Waals surface area (Å²) in [6.07, 6.45) is 0.521. The Hall–Kier alpha value is -2.79. The van der Waals surface area contributed by atoms with Crippen molar-refractivity contribution in [3.8, 4) is 0 Å². The Kier molecular flexibility index (Phi) is 5.33. The first-order chi connectivity index (χ1) is 14.3. The minimum absolute atomic E-state index is 0.0897. The molecule has 0 saturated carbocycles. The van der Waals surface area contributed by atoms with Gasteiger partial charge in [-0.2, -0.15) is 5.10 Å². The van der Waals surface area contributed by atoms with Crippen molar-refractivity contribution in [3.05, 3.63) is 42.4 Å². The van der Waals surface area contributed by atoms with E-state index in [9.17, 15) is 14.9 Å². The lowest BCUT2D eigenvalue weighted by molar-refractivity contribution is -0.384. The van der Waals surface area contributed by atoms with Crippen molar-refractivity contribution in [2.24, 2.45) is 7.05 Å². The zero-order valence-electron chi connectivity index (χ0n) is 17.6. The molecule has 0 bridgehead atoms. The molecule has 11 heteroatoms. The van der Waals surface area contributed by atoms with Crippen LogP contribution in [0.25, 0.3) is 10.2 Å². The molecule has 4 rings (SSSR count). The Morgan fingerprint density at radius 1 is 1.23 bits per heavy atom. The van der Waals surface area contributed by atoms with Crippen LogP contribution in [-0.4, -0.2) is 55.8 Å². The molecule has 160 valence electrons. The van der Waals surface area contributed by atoms with Gasteiger partial charge in [0.05, 0.1) is 16.9 Å². The SMILES string of the molecule is CCc1nn(C)c(N2CCN(Cc3nc4sc(C)c(C)c4c(=O)[nH]3)CC2)c1[N+](=O)[O-]. The molecular weight excluding hydrogens is 406 g/mol. The number of nitrogens with one attached hydrogen (secondary N) is 1. The lowest BCUT2D eigenvalue weighted by atomic mass is 10.2. The van der Waals surface area contributed by atoms with E-state index in [0.717, 1.165) is 15.3 Å². The van der Waals surface area contributed by atoms with E-state index in [0.29, 0.717) is 61.9 Å². The summed E-state index contributed by atoms with van der Waals surface area (Å²) in [7, 11) is 1.75. The molecule has 0 spiro atoms. The molecule has 0 unspecified atom stereocenters. The second kappa shape index (κ2) is 7.80. The summed E-state index contributed by atoms with van der Waals surface area (Å²) in [6.45, 7) is 9.09. The molecule has 0 aromatic carbocycles. The number of piperazine rings is 1. The minimum Gasteiger partial charge on any atom is -0.349 e. The number of aryl methyl sites for hydroxylation is 4. The molecule has 4 heterocycles. The zero-order chi connectivity index (χ0) is 21.6. The Balaban J connectivity index is 1.50. The molecule has 3 aromatic rings. The lowest BCUT2D eigenvalue weighted by Crippen LogP contribution is -2.47. The maximum atomic E-state index is 12.5. The highest BCUT2D eigenvalue weighted by Gasteiger charge is 2.31. The number of fused-ring (bicyclic) bond motifs is 1. The van der Waals surface area contributed by atoms with Crippen LogP contribution in [0, 0.1) is 24.0 Å². The second-order valence-electron chi connectivity index (χ2n) is 7.59. The van der Waals surface area contributed by atoms with Crippen LogP contribution in [0.15, 0.2) is 4.79 Å². The smallest absolute Gasteiger partial charge is 0.334 e. The Morgan fingerprint density at radius 3 is 2.57 bits per heavy atom. The van der Waals surface area contributed by atoms with E-state index in [1.54, 1.807) is 23.1 Å². The number of nitrogens with zero attached hydrogens (tertiary/aromatic N) is 6. The molecule has 0 amide bonds. The average Bonchev–Trinajstić information content (AvgIpc) is 3.18. The molecule has 1 aliphatic rings. The van der Waals surface area contributed by atoms with E-state index in [1.165, 1.54) is 0 Å². The number of hydrogen-bond donors (Lipinski definition) is 1. The van der Waals surface area contributed by atoms with Crippen LogP contribution in [0.2, 0.25) is 0 Å². The molecule has 1 aliphatic heterocycles. The number of anilines is 1. The molecule has 1 fully saturated rings. The normalized spacial score (nSPS) is 15.3. The van der Waals surface area contributed by atoms with E-state index in [1.807, 2.05) is 25.7 Å². The van der Waals surface area contributed by atoms with Crippen molar-refractivity contribution in [2.45, 2.75) is 33.7 Å². The van der Waals surface area contributed by atoms with Crippen molar-refractivity contribution in [2.75, 3.05) is 31.1 Å². The molecule has 3 aromatic heterocycles. The quantitative estimate of drug-likeness (QED) is 0.486. The van der Waals surface area contributed by atoms with Crippen molar-refractivity contribution in [1.29, 1.82) is 0 Å². The van der Waals surface area contributed by atoms with E-state index < -0.39 is 0 Å². The Morgan fingerprint density at radius 2 is 1.93 bits per heavy atom. The van der Waals surface area contributed by atoms with E-state index in [-0.39, 0.29) is 16.2 Å². The first-order valence-corrected chi connectivity index (χ1v) is 10.8. The number of hydrogen-bond acceptors (Lipinski definition) is 8. The monoisotopic (exact) mass is 431 g/mol. The van der Waals surface area contributed by atoms with Crippen molar-refractivity contribution >= 4 is 33.1 Å². The molecule has 0 aliphatic carbocycles. The minimum atomic E-state index is -0.331. The lowest BCUT2D eigenvalue weighted by Gasteiger charge is -2.35. The van der Waals surface area contributed by atoms with Gasteiger partial charge in [-0.15, -0.1) is 11.3 Å². The van der Waals surface area contributed by atoms with Gasteiger partial charge in [-0.05, 0) is 25.8 Å². The number of H-pyrrole nitrogens is 1. The predicted octanol–water partition coefficient (Wildman–Crippen LogP) is 2.13. The number of aromatic nitrogens is 4. The molecule has 0 atom stereocenters. The van der Waals surface area contributed by atoms with Crippen LogP contribution in [0.3, 0.4) is 0 Å². The fourth-order valence-electron chi connectivity index (χ4n) is 4.04. The van der Waals surface area contributed by atoms with Gasteiger partial charge < -0.3 is 9.88 Å². The van der Waals surface area contributed by atoms with Crippen LogP contribution in [-0.2, 0) is 20.0 Å². The summed E-state index contributed by atoms with van der Waals surface area (Å²) in [4.78, 5) is 37.5. The third kappa shape index (κ3) is 3.47. The Labute approximate surface area is 177 Å². The summed E-state index contributed by atoms with van der Waals surface area (Å²) >= 11 is 1.55. The van der Waals surface area contributed by atoms with Gasteiger partial charge in [0.2, 0.25) is 5.82 Å². The molecule has 10 nitrogen and oxygen atoms in total. The zero-order valence-corrected chi connectivity index (χ0v) is 18.4. The molecule has 30 heavy (non-hydrogen) atoms. The molecule has 0 radical (unpaired) electrons. The highest BCUT2D eigenvalue weighted by Crippen LogP contribution is 2.32. The standard InChI is InChI=1S/C19H25N7O3S/c1-5-13-16(26(28)29)19(23(4)22-13)25-8-6-24(7-9-25)10-14-20-17(27)15-11(2)12(3)30-18(15)21-14/h5-10H2,1-4H3,(H,20,21,27). The summed E-state index contributed by atoms with van der Waals surface area (Å²) in [6, 6.07) is 0. The third-order valence-electron chi connectivity index (χ3n) is 5.71. The van der Waals surface area contributed by atoms with Crippen molar-refractivity contribution < 1.29 is 4.92 Å². The topological polar surface area (TPSA) is 113 Å². The number of rotatable bonds is 5. The number of thiophene rings is 1. The first-order valence-electron chi connectivity index (χ1n) is 9.96. The molecule has 1 N–H and O–H groups in total. The van der Waals surface area contributed by atoms with Crippen LogP contribution in [0.4, 0.5) is 11.5 Å². The van der Waals surface area contributed by atoms with Crippen LogP contribution in [0.5, 0.6) is 0 Å². The summed E-state index contributed by atoms with van der Waals surface area (Å²) in [5.74, 6) is 1.22. The number of nitro groups is 1. The van der Waals surface area contributed by atoms with Gasteiger partial charge >= 0.3 is 5.69 Å². The van der Waals surface area contributed by atoms with Crippen LogP contribution in [0.1, 0.15) is 28.9 Å². The van der Waals surface area contributed by atoms with Gasteiger partial charge in [-0.1, -0.05) is 6.92 Å². The maximum absolute atomic E-state index is 12.5. The fourth-order valence-corrected chi connectivity index (χ4v) is 5.09. The number of aromatic amines is 1.